The van der Waals surface area contributed by atoms with E-state index in [-0.39, 0.29) is 11.1 Å². The molecule has 1 aromatic rings. The molecule has 2 N–H and O–H groups in total. The Morgan fingerprint density at radius 2 is 2.14 bits per heavy atom. The summed E-state index contributed by atoms with van der Waals surface area (Å²) in [4.78, 5) is 20.5. The second-order valence-electron chi connectivity index (χ2n) is 2.69. The van der Waals surface area contributed by atoms with E-state index in [1.165, 1.54) is 6.92 Å². The first-order chi connectivity index (χ1) is 6.45. The minimum atomic E-state index is -1.01. The van der Waals surface area contributed by atoms with Crippen LogP contribution in [0.1, 0.15) is 15.9 Å². The number of rotatable bonds is 2. The van der Waals surface area contributed by atoms with Crippen molar-refractivity contribution < 1.29 is 14.1 Å². The molecular weight excluding hydrogens is 191 g/mol. The van der Waals surface area contributed by atoms with Crippen LogP contribution >= 0.6 is 0 Å². The number of primary amides is 1. The summed E-state index contributed by atoms with van der Waals surface area (Å²) in [5.41, 5.74) is 3.95. The number of amides is 1. The van der Waals surface area contributed by atoms with Gasteiger partial charge in [0.25, 0.3) is 11.6 Å². The number of nitrogens with zero attached hydrogens (tertiary/aromatic N) is 1. The zero-order valence-electron chi connectivity index (χ0n) is 7.28. The maximum absolute atomic E-state index is 13.0. The van der Waals surface area contributed by atoms with Crippen LogP contribution in [0.3, 0.4) is 0 Å². The van der Waals surface area contributed by atoms with Crippen molar-refractivity contribution in [2.75, 3.05) is 0 Å². The van der Waals surface area contributed by atoms with Gasteiger partial charge >= 0.3 is 0 Å². The van der Waals surface area contributed by atoms with Crippen molar-refractivity contribution in [3.8, 4) is 0 Å². The van der Waals surface area contributed by atoms with Gasteiger partial charge in [0.05, 0.1) is 4.92 Å². The lowest BCUT2D eigenvalue weighted by Crippen LogP contribution is -2.16. The minimum Gasteiger partial charge on any atom is -0.365 e. The van der Waals surface area contributed by atoms with Crippen molar-refractivity contribution in [1.29, 1.82) is 0 Å². The standard InChI is InChI=1S/C8H7FN2O3/c1-4-5(9)2-3-6(11(13)14)7(4)8(10)12/h2-3H,1H3,(H2,10,12). The van der Waals surface area contributed by atoms with Gasteiger partial charge in [0.2, 0.25) is 0 Å². The highest BCUT2D eigenvalue weighted by Gasteiger charge is 2.22. The third-order valence-corrected chi connectivity index (χ3v) is 1.82. The Morgan fingerprint density at radius 1 is 1.57 bits per heavy atom. The molecule has 0 aliphatic rings. The van der Waals surface area contributed by atoms with E-state index in [9.17, 15) is 19.3 Å². The Bertz CT molecular complexity index is 417. The molecule has 5 nitrogen and oxygen atoms in total. The molecule has 0 atom stereocenters. The largest absolute Gasteiger partial charge is 0.365 e. The average Bonchev–Trinajstić information content (AvgIpc) is 2.08. The maximum atomic E-state index is 13.0. The number of carbonyl (C=O) groups is 1. The van der Waals surface area contributed by atoms with Crippen molar-refractivity contribution in [2.45, 2.75) is 6.92 Å². The van der Waals surface area contributed by atoms with Gasteiger partial charge in [-0.25, -0.2) is 4.39 Å². The SMILES string of the molecule is Cc1c(F)ccc([N+](=O)[O-])c1C(N)=O. The number of nitrogens with two attached hydrogens (primary N) is 1. The Kier molecular flexibility index (Phi) is 2.46. The van der Waals surface area contributed by atoms with Crippen LogP contribution in [0.4, 0.5) is 10.1 Å². The second kappa shape index (κ2) is 3.41. The van der Waals surface area contributed by atoms with E-state index >= 15 is 0 Å². The first kappa shape index (κ1) is 10.1. The molecule has 0 fully saturated rings. The monoisotopic (exact) mass is 198 g/mol. The van der Waals surface area contributed by atoms with Crippen LogP contribution in [0.25, 0.3) is 0 Å². The first-order valence-corrected chi connectivity index (χ1v) is 3.68. The van der Waals surface area contributed by atoms with E-state index in [2.05, 4.69) is 0 Å². The average molecular weight is 198 g/mol. The molecule has 0 aromatic heterocycles. The molecule has 0 unspecified atom stereocenters. The van der Waals surface area contributed by atoms with Crippen molar-refractivity contribution in [1.82, 2.24) is 0 Å². The molecule has 0 radical (unpaired) electrons. The summed E-state index contributed by atoms with van der Waals surface area (Å²) in [6, 6.07) is 1.85. The van der Waals surface area contributed by atoms with Gasteiger partial charge in [-0.15, -0.1) is 0 Å². The summed E-state index contributed by atoms with van der Waals surface area (Å²) in [5, 5.41) is 10.5. The van der Waals surface area contributed by atoms with Crippen LogP contribution in [-0.2, 0) is 0 Å². The molecule has 6 heteroatoms. The van der Waals surface area contributed by atoms with Crippen LogP contribution in [0.5, 0.6) is 0 Å². The lowest BCUT2D eigenvalue weighted by Gasteiger charge is -2.03. The molecule has 74 valence electrons. The number of hydrogen-bond donors (Lipinski definition) is 1. The van der Waals surface area contributed by atoms with Gasteiger partial charge in [-0.2, -0.15) is 0 Å². The summed E-state index contributed by atoms with van der Waals surface area (Å²) in [5.74, 6) is -1.70. The van der Waals surface area contributed by atoms with E-state index < -0.39 is 22.3 Å². The fraction of sp³-hybridized carbons (Fsp3) is 0.125. The molecule has 1 aromatic carbocycles. The molecule has 0 spiro atoms. The van der Waals surface area contributed by atoms with Crippen LogP contribution in [0.15, 0.2) is 12.1 Å². The molecule has 0 bridgehead atoms. The smallest absolute Gasteiger partial charge is 0.282 e. The number of hydrogen-bond acceptors (Lipinski definition) is 3. The third-order valence-electron chi connectivity index (χ3n) is 1.82. The Hall–Kier alpha value is -1.98. The van der Waals surface area contributed by atoms with Crippen LogP contribution < -0.4 is 5.73 Å². The lowest BCUT2D eigenvalue weighted by atomic mass is 10.1. The van der Waals surface area contributed by atoms with Gasteiger partial charge in [0.15, 0.2) is 0 Å². The number of nitro benzene ring substituents is 1. The normalized spacial score (nSPS) is 9.86. The molecule has 0 saturated heterocycles. The molecule has 0 saturated carbocycles. The molecule has 1 amide bonds. The van der Waals surface area contributed by atoms with Gasteiger partial charge in [-0.1, -0.05) is 0 Å². The van der Waals surface area contributed by atoms with Crippen molar-refractivity contribution >= 4 is 11.6 Å². The number of halogens is 1. The Labute approximate surface area is 78.5 Å². The van der Waals surface area contributed by atoms with Crippen LogP contribution in [-0.4, -0.2) is 10.8 Å². The van der Waals surface area contributed by atoms with Gasteiger partial charge in [-0.3, -0.25) is 14.9 Å². The van der Waals surface area contributed by atoms with Crippen LogP contribution in [0.2, 0.25) is 0 Å². The van der Waals surface area contributed by atoms with E-state index in [4.69, 9.17) is 5.73 Å². The number of carbonyl (C=O) groups excluding carboxylic acids is 1. The summed E-state index contributed by atoms with van der Waals surface area (Å²) in [6.07, 6.45) is 0. The van der Waals surface area contributed by atoms with Crippen molar-refractivity contribution in [2.24, 2.45) is 5.73 Å². The van der Waals surface area contributed by atoms with E-state index in [0.717, 1.165) is 12.1 Å². The fourth-order valence-corrected chi connectivity index (χ4v) is 1.14. The Balaban J connectivity index is 3.53. The highest BCUT2D eigenvalue weighted by molar-refractivity contribution is 5.98. The molecule has 14 heavy (non-hydrogen) atoms. The van der Waals surface area contributed by atoms with Crippen molar-refractivity contribution in [3.63, 3.8) is 0 Å². The van der Waals surface area contributed by atoms with Gasteiger partial charge in [-0.05, 0) is 13.0 Å². The number of benzene rings is 1. The molecular formula is C8H7FN2O3. The van der Waals surface area contributed by atoms with Crippen LogP contribution in [0, 0.1) is 22.9 Å². The Morgan fingerprint density at radius 3 is 2.57 bits per heavy atom. The topological polar surface area (TPSA) is 86.2 Å². The summed E-state index contributed by atoms with van der Waals surface area (Å²) in [6.45, 7) is 1.27. The predicted octanol–water partition coefficient (Wildman–Crippen LogP) is 1.14. The van der Waals surface area contributed by atoms with Gasteiger partial charge in [0, 0.05) is 11.6 Å². The quantitative estimate of drug-likeness (QED) is 0.571. The minimum absolute atomic E-state index is 0.105. The van der Waals surface area contributed by atoms with E-state index in [1.807, 2.05) is 0 Å². The van der Waals surface area contributed by atoms with Gasteiger partial charge < -0.3 is 5.73 Å². The van der Waals surface area contributed by atoms with Crippen molar-refractivity contribution in [3.05, 3.63) is 39.2 Å². The molecule has 0 heterocycles. The molecule has 0 aliphatic heterocycles. The third kappa shape index (κ3) is 1.54. The zero-order chi connectivity index (χ0) is 10.9. The number of nitro groups is 1. The lowest BCUT2D eigenvalue weighted by molar-refractivity contribution is -0.385. The molecule has 1 rings (SSSR count). The zero-order valence-corrected chi connectivity index (χ0v) is 7.28. The highest BCUT2D eigenvalue weighted by atomic mass is 19.1. The second-order valence-corrected chi connectivity index (χ2v) is 2.69. The molecule has 0 aliphatic carbocycles. The summed E-state index contributed by atoms with van der Waals surface area (Å²) >= 11 is 0. The van der Waals surface area contributed by atoms with E-state index in [0.29, 0.717) is 0 Å². The highest BCUT2D eigenvalue weighted by Crippen LogP contribution is 2.23. The first-order valence-electron chi connectivity index (χ1n) is 3.68. The summed E-state index contributed by atoms with van der Waals surface area (Å²) in [7, 11) is 0. The fourth-order valence-electron chi connectivity index (χ4n) is 1.14. The van der Waals surface area contributed by atoms with E-state index in [1.54, 1.807) is 0 Å². The predicted molar refractivity (Wildman–Crippen MR) is 46.3 cm³/mol. The summed E-state index contributed by atoms with van der Waals surface area (Å²) < 4.78 is 13.0. The maximum Gasteiger partial charge on any atom is 0.282 e. The van der Waals surface area contributed by atoms with Gasteiger partial charge in [0.1, 0.15) is 11.4 Å².